The maximum atomic E-state index is 12.8. The molecule has 0 unspecified atom stereocenters. The molecule has 0 aliphatic carbocycles. The second-order valence-electron chi connectivity index (χ2n) is 18.4. The molecule has 0 rings (SSSR count). The Labute approximate surface area is 355 Å². The molecule has 338 valence electrons. The van der Waals surface area contributed by atoms with Gasteiger partial charge in [0.1, 0.15) is 13.2 Å². The summed E-state index contributed by atoms with van der Waals surface area (Å²) in [5, 5.41) is 0. The summed E-state index contributed by atoms with van der Waals surface area (Å²) in [6, 6.07) is 0. The first-order valence-corrected chi connectivity index (χ1v) is 25.2. The highest BCUT2D eigenvalue weighted by Crippen LogP contribution is 2.17. The largest absolute Gasteiger partial charge is 0.462 e. The van der Waals surface area contributed by atoms with Crippen molar-refractivity contribution in [2.45, 2.75) is 285 Å². The molecule has 0 bridgehead atoms. The molecule has 0 saturated heterocycles. The van der Waals surface area contributed by atoms with Gasteiger partial charge >= 0.3 is 17.9 Å². The monoisotopic (exact) mass is 807 g/mol. The van der Waals surface area contributed by atoms with Crippen molar-refractivity contribution < 1.29 is 28.6 Å². The lowest BCUT2D eigenvalue weighted by molar-refractivity contribution is -0.167. The molecule has 0 fully saturated rings. The molecule has 0 saturated carbocycles. The minimum Gasteiger partial charge on any atom is -0.462 e. The number of hydrogen-bond acceptors (Lipinski definition) is 6. The lowest BCUT2D eigenvalue weighted by Gasteiger charge is -2.18. The van der Waals surface area contributed by atoms with E-state index in [4.69, 9.17) is 14.2 Å². The van der Waals surface area contributed by atoms with Crippen LogP contribution in [0.5, 0.6) is 0 Å². The van der Waals surface area contributed by atoms with Crippen molar-refractivity contribution in [3.63, 3.8) is 0 Å². The van der Waals surface area contributed by atoms with E-state index in [0.29, 0.717) is 19.3 Å². The van der Waals surface area contributed by atoms with Crippen LogP contribution in [0.3, 0.4) is 0 Å². The Kier molecular flexibility index (Phi) is 42.7. The van der Waals surface area contributed by atoms with Crippen molar-refractivity contribution in [2.24, 2.45) is 11.8 Å². The van der Waals surface area contributed by atoms with Crippen molar-refractivity contribution in [3.05, 3.63) is 0 Å². The molecule has 1 atom stereocenters. The van der Waals surface area contributed by atoms with E-state index in [2.05, 4.69) is 34.6 Å². The fourth-order valence-corrected chi connectivity index (χ4v) is 7.64. The van der Waals surface area contributed by atoms with Crippen LogP contribution >= 0.6 is 0 Å². The summed E-state index contributed by atoms with van der Waals surface area (Å²) in [7, 11) is 0. The highest BCUT2D eigenvalue weighted by molar-refractivity contribution is 5.71. The summed E-state index contributed by atoms with van der Waals surface area (Å²) in [6.07, 6.45) is 43.7. The van der Waals surface area contributed by atoms with E-state index >= 15 is 0 Å². The minimum absolute atomic E-state index is 0.0640. The van der Waals surface area contributed by atoms with Crippen LogP contribution in [0.1, 0.15) is 279 Å². The summed E-state index contributed by atoms with van der Waals surface area (Å²) < 4.78 is 16.8. The third kappa shape index (κ3) is 45.3. The number of unbranched alkanes of at least 4 members (excludes halogenated alkanes) is 30. The molecule has 6 nitrogen and oxygen atoms in total. The molecule has 0 spiro atoms. The number of carbonyl (C=O) groups excluding carboxylic acids is 3. The fraction of sp³-hybridized carbons (Fsp3) is 0.941. The fourth-order valence-electron chi connectivity index (χ4n) is 7.64. The Hall–Kier alpha value is -1.59. The van der Waals surface area contributed by atoms with Gasteiger partial charge in [-0.1, -0.05) is 240 Å². The lowest BCUT2D eigenvalue weighted by Crippen LogP contribution is -2.30. The van der Waals surface area contributed by atoms with Crippen LogP contribution in [-0.4, -0.2) is 37.2 Å². The van der Waals surface area contributed by atoms with Gasteiger partial charge in [-0.05, 0) is 31.1 Å². The first kappa shape index (κ1) is 55.4. The van der Waals surface area contributed by atoms with Gasteiger partial charge in [0.25, 0.3) is 0 Å². The summed E-state index contributed by atoms with van der Waals surface area (Å²) in [5.41, 5.74) is 0. The predicted octanol–water partition coefficient (Wildman–Crippen LogP) is 16.1. The average molecular weight is 807 g/mol. The summed E-state index contributed by atoms with van der Waals surface area (Å²) in [5.74, 6) is 0.799. The second kappa shape index (κ2) is 44.0. The van der Waals surface area contributed by atoms with Crippen LogP contribution < -0.4 is 0 Å². The van der Waals surface area contributed by atoms with Gasteiger partial charge in [0.2, 0.25) is 0 Å². The second-order valence-corrected chi connectivity index (χ2v) is 18.4. The van der Waals surface area contributed by atoms with Gasteiger partial charge in [0.05, 0.1) is 0 Å². The maximum Gasteiger partial charge on any atom is 0.306 e. The van der Waals surface area contributed by atoms with Gasteiger partial charge in [-0.15, -0.1) is 0 Å². The molecule has 0 radical (unpaired) electrons. The van der Waals surface area contributed by atoms with E-state index in [1.807, 2.05) is 0 Å². The minimum atomic E-state index is -0.761. The van der Waals surface area contributed by atoms with Crippen molar-refractivity contribution >= 4 is 17.9 Å². The molecule has 0 aliphatic rings. The Morgan fingerprint density at radius 2 is 0.579 bits per heavy atom. The highest BCUT2D eigenvalue weighted by Gasteiger charge is 2.19. The number of ether oxygens (including phenoxy) is 3. The van der Waals surface area contributed by atoms with Crippen molar-refractivity contribution in [1.29, 1.82) is 0 Å². The first-order chi connectivity index (χ1) is 27.7. The van der Waals surface area contributed by atoms with E-state index in [0.717, 1.165) is 69.6 Å². The maximum absolute atomic E-state index is 12.8. The summed E-state index contributed by atoms with van der Waals surface area (Å²) in [4.78, 5) is 37.9. The molecule has 0 aromatic rings. The van der Waals surface area contributed by atoms with E-state index in [1.54, 1.807) is 0 Å². The number of rotatable bonds is 45. The normalized spacial score (nSPS) is 12.1. The first-order valence-electron chi connectivity index (χ1n) is 25.2. The van der Waals surface area contributed by atoms with Gasteiger partial charge in [0.15, 0.2) is 6.10 Å². The highest BCUT2D eigenvalue weighted by atomic mass is 16.6. The van der Waals surface area contributed by atoms with Crippen LogP contribution in [0.25, 0.3) is 0 Å². The van der Waals surface area contributed by atoms with E-state index < -0.39 is 6.10 Å². The third-order valence-electron chi connectivity index (χ3n) is 11.5. The molecular formula is C51H98O6. The van der Waals surface area contributed by atoms with Crippen LogP contribution in [0, 0.1) is 11.8 Å². The molecule has 0 aromatic heterocycles. The van der Waals surface area contributed by atoms with Gasteiger partial charge in [-0.3, -0.25) is 14.4 Å². The average Bonchev–Trinajstić information content (AvgIpc) is 3.18. The Morgan fingerprint density at radius 1 is 0.333 bits per heavy atom. The lowest BCUT2D eigenvalue weighted by atomic mass is 10.0. The third-order valence-corrected chi connectivity index (χ3v) is 11.5. The smallest absolute Gasteiger partial charge is 0.306 e. The van der Waals surface area contributed by atoms with Gasteiger partial charge in [-0.25, -0.2) is 0 Å². The van der Waals surface area contributed by atoms with Gasteiger partial charge < -0.3 is 14.2 Å². The molecule has 0 amide bonds. The van der Waals surface area contributed by atoms with Crippen molar-refractivity contribution in [3.8, 4) is 0 Å². The Balaban J connectivity index is 4.31. The molecule has 0 N–H and O–H groups in total. The van der Waals surface area contributed by atoms with Gasteiger partial charge in [-0.2, -0.15) is 0 Å². The predicted molar refractivity (Wildman–Crippen MR) is 243 cm³/mol. The zero-order chi connectivity index (χ0) is 41.9. The number of esters is 3. The van der Waals surface area contributed by atoms with Crippen molar-refractivity contribution in [1.82, 2.24) is 0 Å². The standard InChI is InChI=1S/C51H98O6/c1-6-7-8-9-10-11-14-21-26-31-36-41-49(52)55-44-48(57-51(54)43-38-33-28-23-18-17-20-25-30-35-40-47(4)5)45-56-50(53)42-37-32-27-22-16-13-12-15-19-24-29-34-39-46(2)3/h46-48H,6-45H2,1-5H3/t48-/m0/s1. The van der Waals surface area contributed by atoms with E-state index in [1.165, 1.54) is 167 Å². The molecule has 0 aromatic carbocycles. The topological polar surface area (TPSA) is 78.9 Å². The molecule has 0 heterocycles. The number of hydrogen-bond donors (Lipinski definition) is 0. The summed E-state index contributed by atoms with van der Waals surface area (Å²) >= 11 is 0. The Morgan fingerprint density at radius 3 is 0.860 bits per heavy atom. The van der Waals surface area contributed by atoms with Crippen molar-refractivity contribution in [2.75, 3.05) is 13.2 Å². The summed E-state index contributed by atoms with van der Waals surface area (Å²) in [6.45, 7) is 11.4. The Bertz CT molecular complexity index is 870. The number of carbonyl (C=O) groups is 3. The zero-order valence-corrected chi connectivity index (χ0v) is 39.0. The molecule has 6 heteroatoms. The van der Waals surface area contributed by atoms with E-state index in [-0.39, 0.29) is 31.1 Å². The molecule has 57 heavy (non-hydrogen) atoms. The van der Waals surface area contributed by atoms with Gasteiger partial charge in [0, 0.05) is 19.3 Å². The van der Waals surface area contributed by atoms with Crippen LogP contribution in [0.4, 0.5) is 0 Å². The van der Waals surface area contributed by atoms with Crippen LogP contribution in [-0.2, 0) is 28.6 Å². The SMILES string of the molecule is CCCCCCCCCCCCCC(=O)OC[C@@H](COC(=O)CCCCCCCCCCCCCCC(C)C)OC(=O)CCCCCCCCCCCCC(C)C. The quantitative estimate of drug-likeness (QED) is 0.0346. The molecular weight excluding hydrogens is 709 g/mol. The van der Waals surface area contributed by atoms with E-state index in [9.17, 15) is 14.4 Å². The zero-order valence-electron chi connectivity index (χ0n) is 39.0. The van der Waals surface area contributed by atoms with Crippen LogP contribution in [0.2, 0.25) is 0 Å². The molecule has 0 aliphatic heterocycles. The van der Waals surface area contributed by atoms with Crippen LogP contribution in [0.15, 0.2) is 0 Å².